The molecule has 1 amide bonds. The Labute approximate surface area is 99.2 Å². The molecule has 0 heterocycles. The van der Waals surface area contributed by atoms with Crippen molar-refractivity contribution in [2.75, 3.05) is 18.5 Å². The molecule has 18 heavy (non-hydrogen) atoms. The Morgan fingerprint density at radius 1 is 1.11 bits per heavy atom. The van der Waals surface area contributed by atoms with Crippen LogP contribution in [0.1, 0.15) is 0 Å². The lowest BCUT2D eigenvalue weighted by molar-refractivity contribution is -0.143. The Kier molecular flexibility index (Phi) is 4.67. The highest BCUT2D eigenvalue weighted by Gasteiger charge is 2.12. The Morgan fingerprint density at radius 2 is 1.72 bits per heavy atom. The summed E-state index contributed by atoms with van der Waals surface area (Å²) in [6.45, 7) is -1.35. The molecule has 0 saturated heterocycles. The first-order valence-corrected chi connectivity index (χ1v) is 4.64. The van der Waals surface area contributed by atoms with Gasteiger partial charge in [-0.25, -0.2) is 18.0 Å². The van der Waals surface area contributed by atoms with Crippen LogP contribution >= 0.6 is 0 Å². The standard InChI is InChI=1S/C10H8F3NO4/c11-5-1-7(13)8(2-6(5)12)14-9(15)3-18-4-10(16)17/h1-2H,3-4H2,(H,14,15)(H,16,17). The van der Waals surface area contributed by atoms with Crippen LogP contribution in [0, 0.1) is 17.5 Å². The molecular weight excluding hydrogens is 255 g/mol. The zero-order valence-electron chi connectivity index (χ0n) is 8.87. The summed E-state index contributed by atoms with van der Waals surface area (Å²) in [6.07, 6.45) is 0. The van der Waals surface area contributed by atoms with Crippen molar-refractivity contribution in [2.45, 2.75) is 0 Å². The number of hydrogen-bond donors (Lipinski definition) is 2. The fraction of sp³-hybridized carbons (Fsp3) is 0.200. The molecule has 0 aliphatic heterocycles. The predicted octanol–water partition coefficient (Wildman–Crippen LogP) is 1.14. The van der Waals surface area contributed by atoms with Gasteiger partial charge >= 0.3 is 5.97 Å². The van der Waals surface area contributed by atoms with E-state index in [0.29, 0.717) is 6.07 Å². The van der Waals surface area contributed by atoms with Crippen molar-refractivity contribution in [3.05, 3.63) is 29.6 Å². The van der Waals surface area contributed by atoms with E-state index in [4.69, 9.17) is 5.11 Å². The van der Waals surface area contributed by atoms with Crippen molar-refractivity contribution in [1.29, 1.82) is 0 Å². The monoisotopic (exact) mass is 263 g/mol. The van der Waals surface area contributed by atoms with E-state index < -0.39 is 48.2 Å². The van der Waals surface area contributed by atoms with Crippen LogP contribution < -0.4 is 5.32 Å². The van der Waals surface area contributed by atoms with E-state index in [-0.39, 0.29) is 6.07 Å². The molecule has 0 fully saturated rings. The number of nitrogens with one attached hydrogen (secondary N) is 1. The highest BCUT2D eigenvalue weighted by atomic mass is 19.2. The lowest BCUT2D eigenvalue weighted by atomic mass is 10.3. The lowest BCUT2D eigenvalue weighted by Crippen LogP contribution is -2.21. The lowest BCUT2D eigenvalue weighted by Gasteiger charge is -2.06. The number of anilines is 1. The number of carbonyl (C=O) groups excluding carboxylic acids is 1. The number of rotatable bonds is 5. The molecular formula is C10H8F3NO4. The molecule has 0 aliphatic carbocycles. The molecule has 0 aliphatic rings. The molecule has 1 aromatic carbocycles. The normalized spacial score (nSPS) is 10.2. The minimum atomic E-state index is -1.38. The van der Waals surface area contributed by atoms with Gasteiger partial charge in [-0.1, -0.05) is 0 Å². The maximum atomic E-state index is 13.1. The van der Waals surface area contributed by atoms with Gasteiger partial charge in [0.2, 0.25) is 5.91 Å². The van der Waals surface area contributed by atoms with Gasteiger partial charge in [-0.05, 0) is 0 Å². The summed E-state index contributed by atoms with van der Waals surface area (Å²) in [4.78, 5) is 21.2. The number of benzene rings is 1. The number of carboxylic acids is 1. The molecule has 0 radical (unpaired) electrons. The van der Waals surface area contributed by atoms with E-state index >= 15 is 0 Å². The van der Waals surface area contributed by atoms with Crippen LogP contribution in [0.4, 0.5) is 18.9 Å². The first-order chi connectivity index (χ1) is 8.40. The smallest absolute Gasteiger partial charge is 0.329 e. The van der Waals surface area contributed by atoms with Gasteiger partial charge in [-0.3, -0.25) is 4.79 Å². The Morgan fingerprint density at radius 3 is 2.33 bits per heavy atom. The summed E-state index contributed by atoms with van der Waals surface area (Å²) < 4.78 is 42.8. The predicted molar refractivity (Wildman–Crippen MR) is 53.4 cm³/mol. The number of carbonyl (C=O) groups is 2. The maximum Gasteiger partial charge on any atom is 0.329 e. The first-order valence-electron chi connectivity index (χ1n) is 4.64. The third-order valence-corrected chi connectivity index (χ3v) is 1.74. The van der Waals surface area contributed by atoms with Crippen molar-refractivity contribution in [3.63, 3.8) is 0 Å². The molecule has 5 nitrogen and oxygen atoms in total. The van der Waals surface area contributed by atoms with E-state index in [0.717, 1.165) is 0 Å². The highest BCUT2D eigenvalue weighted by molar-refractivity contribution is 5.91. The first kappa shape index (κ1) is 14.0. The zero-order chi connectivity index (χ0) is 13.7. The van der Waals surface area contributed by atoms with Crippen LogP contribution in [-0.4, -0.2) is 30.2 Å². The van der Waals surface area contributed by atoms with E-state index in [1.165, 1.54) is 0 Å². The highest BCUT2D eigenvalue weighted by Crippen LogP contribution is 2.18. The summed E-state index contributed by atoms with van der Waals surface area (Å²) in [7, 11) is 0. The summed E-state index contributed by atoms with van der Waals surface area (Å²) in [5.41, 5.74) is -0.558. The number of halogens is 3. The molecule has 0 saturated carbocycles. The molecule has 1 aromatic rings. The van der Waals surface area contributed by atoms with Crippen LogP contribution in [0.25, 0.3) is 0 Å². The van der Waals surface area contributed by atoms with E-state index in [9.17, 15) is 22.8 Å². The van der Waals surface area contributed by atoms with Crippen LogP contribution in [0.15, 0.2) is 12.1 Å². The Bertz CT molecular complexity index is 478. The molecule has 2 N–H and O–H groups in total. The summed E-state index contributed by atoms with van der Waals surface area (Å²) in [5, 5.41) is 10.1. The largest absolute Gasteiger partial charge is 0.480 e. The van der Waals surface area contributed by atoms with Crippen LogP contribution in [0.2, 0.25) is 0 Å². The second-order valence-corrected chi connectivity index (χ2v) is 3.18. The van der Waals surface area contributed by atoms with Gasteiger partial charge in [-0.2, -0.15) is 0 Å². The Hall–Kier alpha value is -2.09. The third-order valence-electron chi connectivity index (χ3n) is 1.74. The molecule has 0 spiro atoms. The maximum absolute atomic E-state index is 13.1. The summed E-state index contributed by atoms with van der Waals surface area (Å²) in [5.74, 6) is -6.02. The Balaban J connectivity index is 2.59. The van der Waals surface area contributed by atoms with Crippen molar-refractivity contribution < 1.29 is 32.6 Å². The molecule has 0 atom stereocenters. The van der Waals surface area contributed by atoms with Crippen LogP contribution in [0.5, 0.6) is 0 Å². The molecule has 98 valence electrons. The number of carboxylic acid groups (broad SMARTS) is 1. The SMILES string of the molecule is O=C(O)COCC(=O)Nc1cc(F)c(F)cc1F. The molecule has 0 bridgehead atoms. The average Bonchev–Trinajstić information content (AvgIpc) is 2.25. The van der Waals surface area contributed by atoms with Gasteiger partial charge < -0.3 is 15.2 Å². The van der Waals surface area contributed by atoms with Crippen molar-refractivity contribution in [1.82, 2.24) is 0 Å². The molecule has 0 unspecified atom stereocenters. The second kappa shape index (κ2) is 6.01. The van der Waals surface area contributed by atoms with Gasteiger partial charge in [0, 0.05) is 12.1 Å². The zero-order valence-corrected chi connectivity index (χ0v) is 8.87. The molecule has 0 aromatic heterocycles. The van der Waals surface area contributed by atoms with Gasteiger partial charge in [0.1, 0.15) is 19.0 Å². The van der Waals surface area contributed by atoms with Gasteiger partial charge in [0.15, 0.2) is 11.6 Å². The van der Waals surface area contributed by atoms with E-state index in [1.807, 2.05) is 5.32 Å². The quantitative estimate of drug-likeness (QED) is 0.781. The second-order valence-electron chi connectivity index (χ2n) is 3.18. The van der Waals surface area contributed by atoms with E-state index in [2.05, 4.69) is 4.74 Å². The average molecular weight is 263 g/mol. The minimum Gasteiger partial charge on any atom is -0.480 e. The van der Waals surface area contributed by atoms with E-state index in [1.54, 1.807) is 0 Å². The molecule has 8 heteroatoms. The summed E-state index contributed by atoms with van der Waals surface area (Å²) in [6, 6.07) is 0.753. The van der Waals surface area contributed by atoms with Crippen LogP contribution in [-0.2, 0) is 14.3 Å². The fourth-order valence-corrected chi connectivity index (χ4v) is 1.04. The topological polar surface area (TPSA) is 75.6 Å². The van der Waals surface area contributed by atoms with Crippen LogP contribution in [0.3, 0.4) is 0 Å². The third kappa shape index (κ3) is 4.06. The van der Waals surface area contributed by atoms with Crippen molar-refractivity contribution >= 4 is 17.6 Å². The minimum absolute atomic E-state index is 0.281. The number of ether oxygens (including phenoxy) is 1. The van der Waals surface area contributed by atoms with Crippen molar-refractivity contribution in [3.8, 4) is 0 Å². The molecule has 1 rings (SSSR count). The van der Waals surface area contributed by atoms with Gasteiger partial charge in [0.05, 0.1) is 5.69 Å². The number of amides is 1. The number of hydrogen-bond acceptors (Lipinski definition) is 3. The summed E-state index contributed by atoms with van der Waals surface area (Å²) >= 11 is 0. The fourth-order valence-electron chi connectivity index (χ4n) is 1.04. The van der Waals surface area contributed by atoms with Gasteiger partial charge in [0.25, 0.3) is 0 Å². The van der Waals surface area contributed by atoms with Crippen molar-refractivity contribution in [2.24, 2.45) is 0 Å². The van der Waals surface area contributed by atoms with Gasteiger partial charge in [-0.15, -0.1) is 0 Å². The number of aliphatic carboxylic acids is 1.